The lowest BCUT2D eigenvalue weighted by atomic mass is 10.3. The highest BCUT2D eigenvalue weighted by molar-refractivity contribution is 7.91. The lowest BCUT2D eigenvalue weighted by molar-refractivity contribution is 0.598. The molecule has 0 amide bonds. The molecule has 104 valence electrons. The average molecular weight is 300 g/mol. The smallest absolute Gasteiger partial charge is 0.183 e. The van der Waals surface area contributed by atoms with Crippen molar-refractivity contribution in [1.82, 2.24) is 0 Å². The van der Waals surface area contributed by atoms with Gasteiger partial charge in [-0.05, 0) is 6.42 Å². The lowest BCUT2D eigenvalue weighted by Crippen LogP contribution is -2.26. The van der Waals surface area contributed by atoms with Crippen molar-refractivity contribution in [3.63, 3.8) is 0 Å². The van der Waals surface area contributed by atoms with Gasteiger partial charge in [0.1, 0.15) is 20.8 Å². The first-order chi connectivity index (χ1) is 8.90. The van der Waals surface area contributed by atoms with Crippen LogP contribution in [0.15, 0.2) is 4.90 Å². The molecule has 6 nitrogen and oxygen atoms in total. The van der Waals surface area contributed by atoms with Crippen molar-refractivity contribution in [2.75, 3.05) is 29.5 Å². The molecule has 0 radical (unpaired) electrons. The van der Waals surface area contributed by atoms with Crippen molar-refractivity contribution in [2.24, 2.45) is 5.73 Å². The Labute approximate surface area is 116 Å². The predicted octanol–water partition coefficient (Wildman–Crippen LogP) is 0.533. The Morgan fingerprint density at radius 3 is 2.74 bits per heavy atom. The molecule has 8 heteroatoms. The van der Waals surface area contributed by atoms with Gasteiger partial charge in [-0.3, -0.25) is 0 Å². The normalized spacial score (nSPS) is 19.6. The Morgan fingerprint density at radius 2 is 2.26 bits per heavy atom. The third-order valence-electron chi connectivity index (χ3n) is 3.19. The summed E-state index contributed by atoms with van der Waals surface area (Å²) in [6.45, 7) is 2.85. The van der Waals surface area contributed by atoms with E-state index < -0.39 is 9.84 Å². The van der Waals surface area contributed by atoms with Gasteiger partial charge in [0, 0.05) is 19.1 Å². The Hall–Kier alpha value is -1.30. The summed E-state index contributed by atoms with van der Waals surface area (Å²) < 4.78 is 24.3. The number of sulfone groups is 1. The molecule has 1 atom stereocenters. The van der Waals surface area contributed by atoms with Gasteiger partial charge in [0.05, 0.1) is 11.4 Å². The van der Waals surface area contributed by atoms with Crippen LogP contribution >= 0.6 is 11.3 Å². The summed E-state index contributed by atoms with van der Waals surface area (Å²) in [5, 5.41) is 9.59. The van der Waals surface area contributed by atoms with Crippen LogP contribution in [0.4, 0.5) is 10.7 Å². The SMILES string of the molecule is CCS(=O)(=O)c1c(N2CCC(N)C2)sc(C#N)c1N. The highest BCUT2D eigenvalue weighted by atomic mass is 32.2. The quantitative estimate of drug-likeness (QED) is 0.842. The molecule has 19 heavy (non-hydrogen) atoms. The van der Waals surface area contributed by atoms with E-state index in [4.69, 9.17) is 16.7 Å². The Morgan fingerprint density at radius 1 is 1.58 bits per heavy atom. The summed E-state index contributed by atoms with van der Waals surface area (Å²) in [5.41, 5.74) is 11.8. The van der Waals surface area contributed by atoms with Crippen LogP contribution in [0.25, 0.3) is 0 Å². The number of nitriles is 1. The van der Waals surface area contributed by atoms with Crippen LogP contribution in [-0.4, -0.2) is 33.3 Å². The first-order valence-electron chi connectivity index (χ1n) is 5.96. The van der Waals surface area contributed by atoms with E-state index >= 15 is 0 Å². The fourth-order valence-corrected chi connectivity index (χ4v) is 4.76. The van der Waals surface area contributed by atoms with Gasteiger partial charge in [-0.25, -0.2) is 8.42 Å². The molecular formula is C11H16N4O2S2. The number of nitrogen functional groups attached to an aromatic ring is 1. The maximum Gasteiger partial charge on any atom is 0.183 e. The Kier molecular flexibility index (Phi) is 3.71. The molecule has 2 heterocycles. The largest absolute Gasteiger partial charge is 0.396 e. The van der Waals surface area contributed by atoms with Crippen molar-refractivity contribution in [3.05, 3.63) is 4.88 Å². The van der Waals surface area contributed by atoms with Crippen molar-refractivity contribution in [2.45, 2.75) is 24.3 Å². The summed E-state index contributed by atoms with van der Waals surface area (Å²) in [6.07, 6.45) is 0.811. The predicted molar refractivity (Wildman–Crippen MR) is 76.0 cm³/mol. The van der Waals surface area contributed by atoms with Gasteiger partial charge < -0.3 is 16.4 Å². The highest BCUT2D eigenvalue weighted by Crippen LogP contribution is 2.42. The van der Waals surface area contributed by atoms with E-state index in [2.05, 4.69) is 0 Å². The zero-order valence-electron chi connectivity index (χ0n) is 10.6. The molecule has 1 aromatic rings. The number of nitrogens with zero attached hydrogens (tertiary/aromatic N) is 2. The lowest BCUT2D eigenvalue weighted by Gasteiger charge is -2.17. The first kappa shape index (κ1) is 14.1. The number of hydrogen-bond donors (Lipinski definition) is 2. The van der Waals surface area contributed by atoms with Crippen LogP contribution in [0.2, 0.25) is 0 Å². The van der Waals surface area contributed by atoms with Crippen molar-refractivity contribution in [3.8, 4) is 6.07 Å². The molecule has 1 unspecified atom stereocenters. The third kappa shape index (κ3) is 2.41. The maximum absolute atomic E-state index is 12.2. The van der Waals surface area contributed by atoms with E-state index in [-0.39, 0.29) is 27.3 Å². The molecule has 0 aliphatic carbocycles. The van der Waals surface area contributed by atoms with Gasteiger partial charge in [-0.2, -0.15) is 5.26 Å². The van der Waals surface area contributed by atoms with E-state index in [1.165, 1.54) is 0 Å². The molecular weight excluding hydrogens is 284 g/mol. The minimum Gasteiger partial charge on any atom is -0.396 e. The minimum atomic E-state index is -3.45. The monoisotopic (exact) mass is 300 g/mol. The summed E-state index contributed by atoms with van der Waals surface area (Å²) in [6, 6.07) is 1.99. The van der Waals surface area contributed by atoms with E-state index in [1.54, 1.807) is 6.92 Å². The summed E-state index contributed by atoms with van der Waals surface area (Å²) in [5.74, 6) is -0.0360. The van der Waals surface area contributed by atoms with Crippen LogP contribution in [0.3, 0.4) is 0 Å². The standard InChI is InChI=1S/C11H16N4O2S2/c1-2-19(16,17)10-9(14)8(5-12)18-11(10)15-4-3-7(13)6-15/h7H,2-4,6,13-14H2,1H3. The van der Waals surface area contributed by atoms with Gasteiger partial charge in [-0.1, -0.05) is 6.92 Å². The van der Waals surface area contributed by atoms with Crippen LogP contribution in [-0.2, 0) is 9.84 Å². The molecule has 0 spiro atoms. The molecule has 1 aliphatic rings. The molecule has 0 aromatic carbocycles. The van der Waals surface area contributed by atoms with E-state index in [9.17, 15) is 8.42 Å². The molecule has 2 rings (SSSR count). The van der Waals surface area contributed by atoms with Crippen LogP contribution in [0, 0.1) is 11.3 Å². The van der Waals surface area contributed by atoms with E-state index in [1.807, 2.05) is 11.0 Å². The molecule has 1 fully saturated rings. The summed E-state index contributed by atoms with van der Waals surface area (Å²) in [4.78, 5) is 2.27. The molecule has 1 saturated heterocycles. The third-order valence-corrected chi connectivity index (χ3v) is 6.28. The first-order valence-corrected chi connectivity index (χ1v) is 8.43. The second-order valence-corrected chi connectivity index (χ2v) is 7.70. The topological polar surface area (TPSA) is 113 Å². The molecule has 0 saturated carbocycles. The molecule has 0 bridgehead atoms. The van der Waals surface area contributed by atoms with Gasteiger partial charge >= 0.3 is 0 Å². The molecule has 4 N–H and O–H groups in total. The molecule has 1 aliphatic heterocycles. The summed E-state index contributed by atoms with van der Waals surface area (Å²) >= 11 is 1.13. The number of hydrogen-bond acceptors (Lipinski definition) is 7. The maximum atomic E-state index is 12.2. The molecule has 1 aromatic heterocycles. The van der Waals surface area contributed by atoms with Crippen LogP contribution in [0.1, 0.15) is 18.2 Å². The Bertz CT molecular complexity index is 630. The zero-order valence-corrected chi connectivity index (χ0v) is 12.2. The van der Waals surface area contributed by atoms with Crippen LogP contribution < -0.4 is 16.4 Å². The van der Waals surface area contributed by atoms with E-state index in [0.29, 0.717) is 18.1 Å². The highest BCUT2D eigenvalue weighted by Gasteiger charge is 2.31. The number of rotatable bonds is 3. The summed E-state index contributed by atoms with van der Waals surface area (Å²) in [7, 11) is -3.45. The second-order valence-electron chi connectivity index (χ2n) is 4.49. The zero-order chi connectivity index (χ0) is 14.2. The number of nitrogens with two attached hydrogens (primary N) is 2. The van der Waals surface area contributed by atoms with Gasteiger partial charge in [0.2, 0.25) is 0 Å². The fourth-order valence-electron chi connectivity index (χ4n) is 2.12. The van der Waals surface area contributed by atoms with Crippen LogP contribution in [0.5, 0.6) is 0 Å². The minimum absolute atomic E-state index is 0.0334. The number of anilines is 2. The Balaban J connectivity index is 2.58. The second kappa shape index (κ2) is 5.00. The number of thiophene rings is 1. The van der Waals surface area contributed by atoms with Gasteiger partial charge in [0.15, 0.2) is 9.84 Å². The average Bonchev–Trinajstić information content (AvgIpc) is 2.93. The van der Waals surface area contributed by atoms with Gasteiger partial charge in [0.25, 0.3) is 0 Å². The fraction of sp³-hybridized carbons (Fsp3) is 0.545. The van der Waals surface area contributed by atoms with Gasteiger partial charge in [-0.15, -0.1) is 11.3 Å². The van der Waals surface area contributed by atoms with Crippen molar-refractivity contribution < 1.29 is 8.42 Å². The van der Waals surface area contributed by atoms with Crippen molar-refractivity contribution >= 4 is 31.9 Å². The van der Waals surface area contributed by atoms with Crippen molar-refractivity contribution in [1.29, 1.82) is 5.26 Å². The van der Waals surface area contributed by atoms with E-state index in [0.717, 1.165) is 17.8 Å².